The van der Waals surface area contributed by atoms with Crippen molar-refractivity contribution in [3.63, 3.8) is 0 Å². The average Bonchev–Trinajstić information content (AvgIpc) is 2.43. The number of halogens is 1. The van der Waals surface area contributed by atoms with Gasteiger partial charge in [-0.1, -0.05) is 12.1 Å². The summed E-state index contributed by atoms with van der Waals surface area (Å²) >= 11 is 5.63. The maximum absolute atomic E-state index is 11.8. The second-order valence-corrected chi connectivity index (χ2v) is 5.04. The van der Waals surface area contributed by atoms with Crippen LogP contribution in [0.2, 0.25) is 0 Å². The van der Waals surface area contributed by atoms with Crippen LogP contribution in [-0.2, 0) is 4.79 Å². The average molecular weight is 284 g/mol. The molecule has 1 amide bonds. The summed E-state index contributed by atoms with van der Waals surface area (Å²) in [4.78, 5) is 13.5. The third kappa shape index (κ3) is 3.32. The van der Waals surface area contributed by atoms with Gasteiger partial charge in [-0.25, -0.2) is 0 Å². The molecule has 5 heteroatoms. The van der Waals surface area contributed by atoms with Gasteiger partial charge in [-0.2, -0.15) is 0 Å². The van der Waals surface area contributed by atoms with Crippen molar-refractivity contribution in [3.8, 4) is 11.5 Å². The van der Waals surface area contributed by atoms with E-state index in [4.69, 9.17) is 21.1 Å². The quantitative estimate of drug-likeness (QED) is 0.796. The summed E-state index contributed by atoms with van der Waals surface area (Å²) in [6, 6.07) is 7.63. The molecule has 1 aliphatic rings. The van der Waals surface area contributed by atoms with E-state index in [-0.39, 0.29) is 23.9 Å². The van der Waals surface area contributed by atoms with Crippen LogP contribution in [0, 0.1) is 0 Å². The van der Waals surface area contributed by atoms with Crippen molar-refractivity contribution in [1.82, 2.24) is 4.90 Å². The van der Waals surface area contributed by atoms with Crippen molar-refractivity contribution in [2.45, 2.75) is 26.0 Å². The number of benzene rings is 1. The van der Waals surface area contributed by atoms with E-state index in [0.717, 1.165) is 11.5 Å². The molecule has 0 bridgehead atoms. The summed E-state index contributed by atoms with van der Waals surface area (Å²) in [6.07, 6.45) is -0.163. The van der Waals surface area contributed by atoms with E-state index in [1.54, 1.807) is 4.90 Å². The van der Waals surface area contributed by atoms with Crippen molar-refractivity contribution in [2.24, 2.45) is 0 Å². The molecule has 0 aromatic heterocycles. The molecule has 1 heterocycles. The highest BCUT2D eigenvalue weighted by Crippen LogP contribution is 2.31. The number of para-hydroxylation sites is 2. The van der Waals surface area contributed by atoms with Crippen molar-refractivity contribution in [2.75, 3.05) is 19.0 Å². The van der Waals surface area contributed by atoms with E-state index >= 15 is 0 Å². The van der Waals surface area contributed by atoms with Gasteiger partial charge in [0.2, 0.25) is 5.91 Å². The van der Waals surface area contributed by atoms with Gasteiger partial charge in [-0.05, 0) is 26.0 Å². The molecule has 0 unspecified atom stereocenters. The normalized spacial score (nSPS) is 17.4. The van der Waals surface area contributed by atoms with E-state index in [9.17, 15) is 4.79 Å². The lowest BCUT2D eigenvalue weighted by molar-refractivity contribution is -0.131. The van der Waals surface area contributed by atoms with Crippen molar-refractivity contribution in [3.05, 3.63) is 24.3 Å². The molecule has 0 fully saturated rings. The molecule has 104 valence electrons. The molecule has 4 nitrogen and oxygen atoms in total. The lowest BCUT2D eigenvalue weighted by Gasteiger charge is -2.33. The number of carbonyl (C=O) groups excluding carboxylic acids is 1. The number of hydrogen-bond acceptors (Lipinski definition) is 3. The molecule has 0 saturated heterocycles. The van der Waals surface area contributed by atoms with E-state index in [2.05, 4.69) is 0 Å². The van der Waals surface area contributed by atoms with Crippen LogP contribution < -0.4 is 9.47 Å². The largest absolute Gasteiger partial charge is 0.486 e. The lowest BCUT2D eigenvalue weighted by atomic mass is 10.2. The molecule has 0 aliphatic carbocycles. The number of amides is 1. The molecular formula is C14H18ClNO3. The van der Waals surface area contributed by atoms with Crippen molar-refractivity contribution >= 4 is 17.5 Å². The number of alkyl halides is 1. The Labute approximate surface area is 118 Å². The molecule has 0 spiro atoms. The first-order valence-electron chi connectivity index (χ1n) is 6.35. The van der Waals surface area contributed by atoms with Crippen LogP contribution in [-0.4, -0.2) is 42.0 Å². The molecule has 0 radical (unpaired) electrons. The Morgan fingerprint density at radius 3 is 2.74 bits per heavy atom. The van der Waals surface area contributed by atoms with Gasteiger partial charge < -0.3 is 14.4 Å². The zero-order valence-corrected chi connectivity index (χ0v) is 11.9. The Morgan fingerprint density at radius 2 is 2.11 bits per heavy atom. The smallest absolute Gasteiger partial charge is 0.237 e. The van der Waals surface area contributed by atoms with Gasteiger partial charge in [0.15, 0.2) is 17.6 Å². The summed E-state index contributed by atoms with van der Waals surface area (Å²) < 4.78 is 11.5. The second-order valence-electron chi connectivity index (χ2n) is 4.77. The first-order valence-corrected chi connectivity index (χ1v) is 6.89. The highest BCUT2D eigenvalue weighted by atomic mass is 35.5. The van der Waals surface area contributed by atoms with Gasteiger partial charge in [-0.3, -0.25) is 4.79 Å². The SMILES string of the molecule is CC(C)N(C[C@@H]1COc2ccccc2O1)C(=O)CCl. The lowest BCUT2D eigenvalue weighted by Crippen LogP contribution is -2.47. The van der Waals surface area contributed by atoms with Crippen LogP contribution in [0.4, 0.5) is 0 Å². The molecule has 1 aromatic carbocycles. The van der Waals surface area contributed by atoms with Gasteiger partial charge in [-0.15, -0.1) is 11.6 Å². The predicted octanol–water partition coefficient (Wildman–Crippen LogP) is 2.30. The number of ether oxygens (including phenoxy) is 2. The monoisotopic (exact) mass is 283 g/mol. The summed E-state index contributed by atoms with van der Waals surface area (Å²) in [7, 11) is 0. The summed E-state index contributed by atoms with van der Waals surface area (Å²) in [6.45, 7) is 4.84. The topological polar surface area (TPSA) is 38.8 Å². The number of rotatable bonds is 4. The van der Waals surface area contributed by atoms with Crippen LogP contribution in [0.25, 0.3) is 0 Å². The summed E-state index contributed by atoms with van der Waals surface area (Å²) in [5.74, 6) is 1.38. The van der Waals surface area contributed by atoms with Crippen LogP contribution >= 0.6 is 11.6 Å². The highest BCUT2D eigenvalue weighted by Gasteiger charge is 2.26. The summed E-state index contributed by atoms with van der Waals surface area (Å²) in [5, 5.41) is 0. The van der Waals surface area contributed by atoms with Gasteiger partial charge in [0, 0.05) is 6.04 Å². The molecule has 1 atom stereocenters. The first-order chi connectivity index (χ1) is 9.11. The van der Waals surface area contributed by atoms with E-state index in [0.29, 0.717) is 13.2 Å². The van der Waals surface area contributed by atoms with E-state index < -0.39 is 0 Å². The maximum atomic E-state index is 11.8. The minimum Gasteiger partial charge on any atom is -0.486 e. The van der Waals surface area contributed by atoms with Crippen molar-refractivity contribution < 1.29 is 14.3 Å². The summed E-state index contributed by atoms with van der Waals surface area (Å²) in [5.41, 5.74) is 0. The fourth-order valence-electron chi connectivity index (χ4n) is 2.05. The van der Waals surface area contributed by atoms with E-state index in [1.807, 2.05) is 38.1 Å². The highest BCUT2D eigenvalue weighted by molar-refractivity contribution is 6.27. The Balaban J connectivity index is 2.02. The number of hydrogen-bond donors (Lipinski definition) is 0. The molecule has 0 saturated carbocycles. The number of nitrogens with zero attached hydrogens (tertiary/aromatic N) is 1. The minimum absolute atomic E-state index is 0.0116. The zero-order valence-electron chi connectivity index (χ0n) is 11.1. The second kappa shape index (κ2) is 6.15. The first kappa shape index (κ1) is 14.0. The van der Waals surface area contributed by atoms with Gasteiger partial charge >= 0.3 is 0 Å². The molecule has 1 aromatic rings. The molecule has 1 aliphatic heterocycles. The Bertz CT molecular complexity index is 450. The fraction of sp³-hybridized carbons (Fsp3) is 0.500. The molecule has 19 heavy (non-hydrogen) atoms. The predicted molar refractivity (Wildman–Crippen MR) is 73.9 cm³/mol. The Morgan fingerprint density at radius 1 is 1.42 bits per heavy atom. The molecule has 0 N–H and O–H groups in total. The third-order valence-corrected chi connectivity index (χ3v) is 3.25. The van der Waals surface area contributed by atoms with Gasteiger partial charge in [0.1, 0.15) is 12.5 Å². The standard InChI is InChI=1S/C14H18ClNO3/c1-10(2)16(14(17)7-15)8-11-9-18-12-5-3-4-6-13(12)19-11/h3-6,10-11H,7-9H2,1-2H3/t11-/m1/s1. The van der Waals surface area contributed by atoms with Crippen molar-refractivity contribution in [1.29, 1.82) is 0 Å². The van der Waals surface area contributed by atoms with Crippen LogP contribution in [0.1, 0.15) is 13.8 Å². The zero-order chi connectivity index (χ0) is 13.8. The van der Waals surface area contributed by atoms with Crippen LogP contribution in [0.5, 0.6) is 11.5 Å². The minimum atomic E-state index is -0.163. The van der Waals surface area contributed by atoms with E-state index in [1.165, 1.54) is 0 Å². The molecule has 2 rings (SSSR count). The van der Waals surface area contributed by atoms with Crippen LogP contribution in [0.15, 0.2) is 24.3 Å². The third-order valence-electron chi connectivity index (χ3n) is 3.03. The van der Waals surface area contributed by atoms with Gasteiger partial charge in [0.05, 0.1) is 6.54 Å². The Hall–Kier alpha value is -1.42. The Kier molecular flexibility index (Phi) is 4.53. The number of carbonyl (C=O) groups is 1. The fourth-order valence-corrected chi connectivity index (χ4v) is 2.20. The van der Waals surface area contributed by atoms with Crippen LogP contribution in [0.3, 0.4) is 0 Å². The number of fused-ring (bicyclic) bond motifs is 1. The van der Waals surface area contributed by atoms with Gasteiger partial charge in [0.25, 0.3) is 0 Å². The maximum Gasteiger partial charge on any atom is 0.237 e. The molecular weight excluding hydrogens is 266 g/mol.